The first-order valence-corrected chi connectivity index (χ1v) is 7.04. The van der Waals surface area contributed by atoms with Crippen LogP contribution in [-0.2, 0) is 14.3 Å². The van der Waals surface area contributed by atoms with Crippen LogP contribution in [0, 0.1) is 10.1 Å². The summed E-state index contributed by atoms with van der Waals surface area (Å²) in [5.74, 6) is -0.192. The molecule has 1 aromatic rings. The smallest absolute Gasteiger partial charge is 0.297 e. The summed E-state index contributed by atoms with van der Waals surface area (Å²) in [7, 11) is -4.09. The zero-order valence-electron chi connectivity index (χ0n) is 9.95. The average molecular weight is 310 g/mol. The topological polar surface area (TPSA) is 107 Å². The molecule has 0 saturated heterocycles. The molecule has 1 N–H and O–H groups in total. The van der Waals surface area contributed by atoms with Crippen molar-refractivity contribution in [2.75, 3.05) is 12.5 Å². The summed E-state index contributed by atoms with van der Waals surface area (Å²) in [6.45, 7) is 0.821. The fourth-order valence-corrected chi connectivity index (χ4v) is 2.14. The van der Waals surface area contributed by atoms with Gasteiger partial charge in [0.1, 0.15) is 5.60 Å². The highest BCUT2D eigenvalue weighted by Gasteiger charge is 2.25. The molecule has 0 aromatic heterocycles. The maximum absolute atomic E-state index is 11.7. The maximum Gasteiger partial charge on any atom is 0.297 e. The van der Waals surface area contributed by atoms with Gasteiger partial charge in [-0.2, -0.15) is 8.42 Å². The second-order valence-electron chi connectivity index (χ2n) is 4.10. The number of nitro benzene ring substituents is 1. The number of aliphatic hydroxyl groups is 1. The van der Waals surface area contributed by atoms with Gasteiger partial charge in [-0.3, -0.25) is 14.3 Å². The minimum absolute atomic E-state index is 0.192. The molecule has 0 radical (unpaired) electrons. The molecule has 0 spiro atoms. The van der Waals surface area contributed by atoms with Crippen molar-refractivity contribution in [2.45, 2.75) is 17.4 Å². The Morgan fingerprint density at radius 2 is 1.95 bits per heavy atom. The molecular weight excluding hydrogens is 298 g/mol. The number of nitrogens with zero attached hydrogens (tertiary/aromatic N) is 1. The molecule has 19 heavy (non-hydrogen) atoms. The SMILES string of the molecule is C[C@@](O)(CCl)COS(=O)(=O)c1ccc([N+](=O)[O-])cc1. The Bertz CT molecular complexity index is 554. The van der Waals surface area contributed by atoms with Crippen LogP contribution in [0.3, 0.4) is 0 Å². The van der Waals surface area contributed by atoms with Crippen molar-refractivity contribution in [3.05, 3.63) is 34.4 Å². The fourth-order valence-electron chi connectivity index (χ4n) is 1.05. The van der Waals surface area contributed by atoms with E-state index in [2.05, 4.69) is 4.18 Å². The van der Waals surface area contributed by atoms with Crippen molar-refractivity contribution in [1.82, 2.24) is 0 Å². The van der Waals surface area contributed by atoms with Crippen LogP contribution in [0.25, 0.3) is 0 Å². The quantitative estimate of drug-likeness (QED) is 0.367. The number of alkyl halides is 1. The molecule has 0 saturated carbocycles. The van der Waals surface area contributed by atoms with Crippen LogP contribution in [0.2, 0.25) is 0 Å². The van der Waals surface area contributed by atoms with Gasteiger partial charge in [-0.15, -0.1) is 11.6 Å². The minimum Gasteiger partial charge on any atom is -0.386 e. The van der Waals surface area contributed by atoms with Crippen LogP contribution >= 0.6 is 11.6 Å². The van der Waals surface area contributed by atoms with Crippen LogP contribution < -0.4 is 0 Å². The maximum atomic E-state index is 11.7. The molecule has 9 heteroatoms. The number of hydrogen-bond acceptors (Lipinski definition) is 6. The van der Waals surface area contributed by atoms with Gasteiger partial charge in [-0.05, 0) is 19.1 Å². The highest BCUT2D eigenvalue weighted by molar-refractivity contribution is 7.86. The number of halogens is 1. The first kappa shape index (κ1) is 15.8. The Labute approximate surface area is 115 Å². The number of hydrogen-bond donors (Lipinski definition) is 1. The van der Waals surface area contributed by atoms with Crippen molar-refractivity contribution < 1.29 is 22.6 Å². The van der Waals surface area contributed by atoms with Crippen molar-refractivity contribution in [3.8, 4) is 0 Å². The van der Waals surface area contributed by atoms with E-state index in [-0.39, 0.29) is 16.5 Å². The third-order valence-corrected chi connectivity index (χ3v) is 4.00. The van der Waals surface area contributed by atoms with Crippen molar-refractivity contribution >= 4 is 27.4 Å². The molecule has 0 aliphatic heterocycles. The van der Waals surface area contributed by atoms with Gasteiger partial charge in [0.2, 0.25) is 0 Å². The van der Waals surface area contributed by atoms with E-state index in [0.717, 1.165) is 24.3 Å². The molecule has 1 aromatic carbocycles. The summed E-state index contributed by atoms with van der Waals surface area (Å²) >= 11 is 5.42. The first-order chi connectivity index (χ1) is 8.68. The molecule has 0 bridgehead atoms. The largest absolute Gasteiger partial charge is 0.386 e. The van der Waals surface area contributed by atoms with Gasteiger partial charge in [-0.25, -0.2) is 0 Å². The third kappa shape index (κ3) is 4.43. The predicted molar refractivity (Wildman–Crippen MR) is 67.6 cm³/mol. The van der Waals surface area contributed by atoms with Gasteiger partial charge in [0.05, 0.1) is 22.3 Å². The van der Waals surface area contributed by atoms with Crippen molar-refractivity contribution in [2.24, 2.45) is 0 Å². The molecule has 0 fully saturated rings. The van der Waals surface area contributed by atoms with Crippen LogP contribution in [0.4, 0.5) is 5.69 Å². The molecule has 0 aliphatic rings. The van der Waals surface area contributed by atoms with Crippen LogP contribution in [0.5, 0.6) is 0 Å². The van der Waals surface area contributed by atoms with Gasteiger partial charge in [0.25, 0.3) is 15.8 Å². The number of rotatable bonds is 6. The highest BCUT2D eigenvalue weighted by atomic mass is 35.5. The van der Waals surface area contributed by atoms with Gasteiger partial charge in [-0.1, -0.05) is 0 Å². The van der Waals surface area contributed by atoms with E-state index in [9.17, 15) is 23.6 Å². The number of non-ortho nitro benzene ring substituents is 1. The lowest BCUT2D eigenvalue weighted by atomic mass is 10.2. The third-order valence-electron chi connectivity index (χ3n) is 2.15. The Morgan fingerprint density at radius 1 is 1.42 bits per heavy atom. The van der Waals surface area contributed by atoms with E-state index in [1.807, 2.05) is 0 Å². The summed E-state index contributed by atoms with van der Waals surface area (Å²) in [4.78, 5) is 9.56. The number of benzene rings is 1. The molecule has 1 rings (SSSR count). The highest BCUT2D eigenvalue weighted by Crippen LogP contribution is 2.19. The summed E-state index contributed by atoms with van der Waals surface area (Å²) in [6, 6.07) is 4.22. The van der Waals surface area contributed by atoms with Gasteiger partial charge in [0.15, 0.2) is 0 Å². The lowest BCUT2D eigenvalue weighted by molar-refractivity contribution is -0.384. The monoisotopic (exact) mass is 309 g/mol. The Morgan fingerprint density at radius 3 is 2.37 bits per heavy atom. The zero-order valence-corrected chi connectivity index (χ0v) is 11.5. The summed E-state index contributed by atoms with van der Waals surface area (Å²) < 4.78 is 28.1. The summed E-state index contributed by atoms with van der Waals surface area (Å²) in [5, 5.41) is 20.0. The summed E-state index contributed by atoms with van der Waals surface area (Å²) in [6.07, 6.45) is 0. The van der Waals surface area contributed by atoms with Crippen molar-refractivity contribution in [1.29, 1.82) is 0 Å². The summed E-state index contributed by atoms with van der Waals surface area (Å²) in [5.41, 5.74) is -1.71. The number of nitro groups is 1. The predicted octanol–water partition coefficient (Wildman–Crippen LogP) is 1.29. The second-order valence-corrected chi connectivity index (χ2v) is 5.98. The lowest BCUT2D eigenvalue weighted by Gasteiger charge is -2.19. The van der Waals surface area contributed by atoms with Crippen LogP contribution in [-0.4, -0.2) is 36.5 Å². The van der Waals surface area contributed by atoms with E-state index >= 15 is 0 Å². The molecule has 0 unspecified atom stereocenters. The molecule has 0 amide bonds. The standard InChI is InChI=1S/C10H12ClNO6S/c1-10(13,6-11)7-18-19(16,17)9-4-2-8(3-5-9)12(14)15/h2-5,13H,6-7H2,1H3/t10-/m1/s1. The molecule has 0 aliphatic carbocycles. The van der Waals surface area contributed by atoms with Gasteiger partial charge >= 0.3 is 0 Å². The van der Waals surface area contributed by atoms with Crippen LogP contribution in [0.15, 0.2) is 29.2 Å². The Kier molecular flexibility index (Phi) is 4.86. The van der Waals surface area contributed by atoms with E-state index < -0.39 is 27.2 Å². The first-order valence-electron chi connectivity index (χ1n) is 5.10. The van der Waals surface area contributed by atoms with E-state index in [0.29, 0.717) is 0 Å². The van der Waals surface area contributed by atoms with Crippen molar-refractivity contribution in [3.63, 3.8) is 0 Å². The lowest BCUT2D eigenvalue weighted by Crippen LogP contribution is -2.33. The normalized spacial score (nSPS) is 14.9. The second kappa shape index (κ2) is 5.83. The Hall–Kier alpha value is -1.22. The van der Waals surface area contributed by atoms with E-state index in [4.69, 9.17) is 11.6 Å². The molecule has 1 atom stereocenters. The van der Waals surface area contributed by atoms with E-state index in [1.165, 1.54) is 6.92 Å². The molecular formula is C10H12ClNO6S. The van der Waals surface area contributed by atoms with Gasteiger partial charge < -0.3 is 5.11 Å². The van der Waals surface area contributed by atoms with E-state index in [1.54, 1.807) is 0 Å². The average Bonchev–Trinajstić information content (AvgIpc) is 2.37. The molecule has 106 valence electrons. The molecule has 7 nitrogen and oxygen atoms in total. The van der Waals surface area contributed by atoms with Gasteiger partial charge in [0, 0.05) is 12.1 Å². The molecule has 0 heterocycles. The zero-order chi connectivity index (χ0) is 14.7. The Balaban J connectivity index is 2.86. The minimum atomic E-state index is -4.09. The van der Waals surface area contributed by atoms with Crippen LogP contribution in [0.1, 0.15) is 6.92 Å². The fraction of sp³-hybridized carbons (Fsp3) is 0.400.